The predicted octanol–water partition coefficient (Wildman–Crippen LogP) is 7.74. The van der Waals surface area contributed by atoms with Crippen molar-refractivity contribution in [3.63, 3.8) is 0 Å². The molecule has 0 saturated carbocycles. The molecule has 56 heavy (non-hydrogen) atoms. The van der Waals surface area contributed by atoms with Crippen molar-refractivity contribution in [1.82, 2.24) is 25.5 Å². The number of aliphatic hydroxyl groups is 1. The van der Waals surface area contributed by atoms with Gasteiger partial charge in [0.25, 0.3) is 5.91 Å². The van der Waals surface area contributed by atoms with Crippen LogP contribution >= 0.6 is 11.8 Å². The maximum Gasteiger partial charge on any atom is 0.257 e. The van der Waals surface area contributed by atoms with Crippen molar-refractivity contribution >= 4 is 17.7 Å². The third kappa shape index (κ3) is 8.00. The van der Waals surface area contributed by atoms with Crippen molar-refractivity contribution in [2.45, 2.75) is 43.7 Å². The Morgan fingerprint density at radius 2 is 1.46 bits per heavy atom. The number of thioether (sulfide) groups is 1. The number of nitrogens with one attached hydrogen (secondary N) is 1. The highest BCUT2D eigenvalue weighted by atomic mass is 32.2. The van der Waals surface area contributed by atoms with E-state index in [0.717, 1.165) is 27.8 Å². The number of aliphatic hydroxyl groups excluding tert-OH is 1. The van der Waals surface area contributed by atoms with Gasteiger partial charge in [-0.3, -0.25) is 4.79 Å². The fourth-order valence-electron chi connectivity index (χ4n) is 6.26. The van der Waals surface area contributed by atoms with Gasteiger partial charge in [0.2, 0.25) is 11.0 Å². The molecule has 16 heteroatoms. The predicted molar refractivity (Wildman–Crippen MR) is 194 cm³/mol. The smallest absolute Gasteiger partial charge is 0.257 e. The molecule has 5 aromatic carbocycles. The van der Waals surface area contributed by atoms with Crippen molar-refractivity contribution in [1.29, 1.82) is 0 Å². The number of halogens is 5. The molecular weight excluding hydrogens is 758 g/mol. The summed E-state index contributed by atoms with van der Waals surface area (Å²) in [6.45, 7) is 1.69. The fraction of sp³-hybridized carbons (Fsp3) is 0.200. The zero-order valence-electron chi connectivity index (χ0n) is 29.4. The highest BCUT2D eigenvalue weighted by molar-refractivity contribution is 7.99. The molecule has 1 fully saturated rings. The van der Waals surface area contributed by atoms with Crippen LogP contribution < -0.4 is 5.32 Å². The van der Waals surface area contributed by atoms with E-state index in [1.165, 1.54) is 11.8 Å². The molecule has 1 aliphatic rings. The van der Waals surface area contributed by atoms with E-state index in [0.29, 0.717) is 22.2 Å². The van der Waals surface area contributed by atoms with Crippen molar-refractivity contribution in [2.75, 3.05) is 5.75 Å². The molecule has 0 radical (unpaired) electrons. The van der Waals surface area contributed by atoms with E-state index < -0.39 is 46.8 Å². The number of hydrogen-bond donors (Lipinski definition) is 3. The van der Waals surface area contributed by atoms with E-state index >= 15 is 0 Å². The monoisotopic (exact) mass is 789 g/mol. The summed E-state index contributed by atoms with van der Waals surface area (Å²) in [6.07, 6.45) is -1.48. The maximum absolute atomic E-state index is 14.2. The maximum atomic E-state index is 14.2. The first kappa shape index (κ1) is 38.6. The average Bonchev–Trinajstić information content (AvgIpc) is 3.70. The minimum absolute atomic E-state index is 0.0928. The lowest BCUT2D eigenvalue weighted by molar-refractivity contribution is -0.268. The lowest BCUT2D eigenvalue weighted by Crippen LogP contribution is -2.38. The number of aromatic nitrogens is 4. The van der Waals surface area contributed by atoms with Crippen LogP contribution in [-0.4, -0.2) is 48.2 Å². The number of nitrogens with zero attached hydrogens (tertiary/aromatic N) is 4. The highest BCUT2D eigenvalue weighted by Gasteiger charge is 2.39. The Balaban J connectivity index is 1.08. The molecule has 2 heterocycles. The summed E-state index contributed by atoms with van der Waals surface area (Å²) in [4.78, 5) is 12.5. The zero-order chi connectivity index (χ0) is 39.5. The number of rotatable bonds is 11. The third-order valence-electron chi connectivity index (χ3n) is 9.37. The summed E-state index contributed by atoms with van der Waals surface area (Å²) in [7, 11) is 0. The Morgan fingerprint density at radius 1 is 0.804 bits per heavy atom. The molecule has 1 amide bonds. The number of carbonyl (C=O) groups is 1. The first-order valence-corrected chi connectivity index (χ1v) is 18.2. The normalized spacial score (nSPS) is 18.2. The molecule has 288 valence electrons. The number of ether oxygens (including phenoxy) is 2. The average molecular weight is 790 g/mol. The van der Waals surface area contributed by atoms with Gasteiger partial charge in [0.15, 0.2) is 29.6 Å². The van der Waals surface area contributed by atoms with Crippen LogP contribution in [0.3, 0.4) is 0 Å². The second-order valence-corrected chi connectivity index (χ2v) is 14.0. The van der Waals surface area contributed by atoms with Crippen molar-refractivity contribution in [3.8, 4) is 22.6 Å². The van der Waals surface area contributed by atoms with E-state index in [-0.39, 0.29) is 37.0 Å². The van der Waals surface area contributed by atoms with Crippen LogP contribution in [0.15, 0.2) is 102 Å². The molecule has 4 unspecified atom stereocenters. The molecule has 6 aromatic rings. The van der Waals surface area contributed by atoms with Gasteiger partial charge in [-0.25, -0.2) is 22.0 Å². The molecule has 1 aromatic heterocycles. The molecule has 7 rings (SSSR count). The highest BCUT2D eigenvalue weighted by Crippen LogP contribution is 2.43. The molecule has 1 aliphatic heterocycles. The standard InChI is InChI=1S/C40H32F5N5O5S/c1-21-30(20-56-40-47-48-49-50(40)28-13-15-29(52)16-14-28)54-39(55-37(21)25-7-5-22(19-51)6-8-25)26-11-9-24(10-12-26)27-4-2-3-23(17-27)18-46-38(53)31-32(41)34(43)36(45)35(44)33(31)42/h2-17,21,30,37,39,51-52H,18-20H2,1H3,(H,46,53). The number of hydrogen-bond acceptors (Lipinski definition) is 9. The van der Waals surface area contributed by atoms with Crippen molar-refractivity contribution in [2.24, 2.45) is 5.92 Å². The fourth-order valence-corrected chi connectivity index (χ4v) is 7.31. The number of phenols is 1. The first-order chi connectivity index (χ1) is 27.0. The SMILES string of the molecule is CC1C(CSc2nnnn2-c2ccc(O)cc2)OC(c2ccc(-c3cccc(CNC(=O)c4c(F)c(F)c(F)c(F)c4F)c3)cc2)OC1c1ccc(CO)cc1. The minimum Gasteiger partial charge on any atom is -0.508 e. The number of benzene rings is 5. The van der Waals surface area contributed by atoms with Gasteiger partial charge in [-0.15, -0.1) is 5.10 Å². The van der Waals surface area contributed by atoms with Crippen molar-refractivity contribution < 1.29 is 46.4 Å². The van der Waals surface area contributed by atoms with E-state index in [2.05, 4.69) is 20.8 Å². The van der Waals surface area contributed by atoms with Gasteiger partial charge in [-0.05, 0) is 68.6 Å². The molecule has 0 spiro atoms. The van der Waals surface area contributed by atoms with Crippen LogP contribution in [0.1, 0.15) is 51.9 Å². The summed E-state index contributed by atoms with van der Waals surface area (Å²) in [5, 5.41) is 34.2. The van der Waals surface area contributed by atoms with Gasteiger partial charge < -0.3 is 25.0 Å². The molecule has 0 aliphatic carbocycles. The Morgan fingerprint density at radius 3 is 2.14 bits per heavy atom. The van der Waals surface area contributed by atoms with E-state index in [1.54, 1.807) is 47.1 Å². The zero-order valence-corrected chi connectivity index (χ0v) is 30.2. The van der Waals surface area contributed by atoms with Gasteiger partial charge in [0, 0.05) is 23.8 Å². The Kier molecular flexibility index (Phi) is 11.4. The number of aromatic hydroxyl groups is 1. The van der Waals surface area contributed by atoms with Crippen LogP contribution in [0.2, 0.25) is 0 Å². The summed E-state index contributed by atoms with van der Waals surface area (Å²) in [5.41, 5.74) is 3.52. The van der Waals surface area contributed by atoms with Crippen LogP contribution in [-0.2, 0) is 22.6 Å². The topological polar surface area (TPSA) is 132 Å². The minimum atomic E-state index is -2.35. The van der Waals surface area contributed by atoms with Gasteiger partial charge in [-0.1, -0.05) is 85.4 Å². The van der Waals surface area contributed by atoms with Crippen molar-refractivity contribution in [3.05, 3.63) is 154 Å². The second-order valence-electron chi connectivity index (χ2n) is 13.0. The number of tetrazole rings is 1. The largest absolute Gasteiger partial charge is 0.508 e. The quantitative estimate of drug-likeness (QED) is 0.0522. The van der Waals surface area contributed by atoms with Gasteiger partial charge in [0.05, 0.1) is 24.5 Å². The molecule has 3 N–H and O–H groups in total. The summed E-state index contributed by atoms with van der Waals surface area (Å²) in [6, 6.07) is 28.3. The number of phenolic OH excluding ortho intramolecular Hbond substituents is 1. The lowest BCUT2D eigenvalue weighted by Gasteiger charge is -2.41. The number of carbonyl (C=O) groups excluding carboxylic acids is 1. The first-order valence-electron chi connectivity index (χ1n) is 17.2. The molecule has 1 saturated heterocycles. The molecule has 0 bridgehead atoms. The van der Waals surface area contributed by atoms with Crippen LogP contribution in [0.25, 0.3) is 16.8 Å². The van der Waals surface area contributed by atoms with Gasteiger partial charge in [0.1, 0.15) is 11.3 Å². The van der Waals surface area contributed by atoms with Crippen LogP contribution in [0, 0.1) is 35.0 Å². The van der Waals surface area contributed by atoms with Gasteiger partial charge >= 0.3 is 0 Å². The second kappa shape index (κ2) is 16.6. The Bertz CT molecular complexity index is 2320. The lowest BCUT2D eigenvalue weighted by atomic mass is 9.91. The molecular formula is C40H32F5N5O5S. The van der Waals surface area contributed by atoms with Crippen LogP contribution in [0.5, 0.6) is 5.75 Å². The summed E-state index contributed by atoms with van der Waals surface area (Å²) < 4.78 is 83.8. The molecule has 4 atom stereocenters. The Labute approximate surface area is 320 Å². The van der Waals surface area contributed by atoms with E-state index in [4.69, 9.17) is 9.47 Å². The molecule has 10 nitrogen and oxygen atoms in total. The third-order valence-corrected chi connectivity index (χ3v) is 10.4. The number of amides is 1. The summed E-state index contributed by atoms with van der Waals surface area (Å²) in [5.74, 6) is -12.2. The van der Waals surface area contributed by atoms with E-state index in [9.17, 15) is 37.0 Å². The Hall–Kier alpha value is -5.68. The van der Waals surface area contributed by atoms with Gasteiger partial charge in [-0.2, -0.15) is 4.68 Å². The summed E-state index contributed by atoms with van der Waals surface area (Å²) >= 11 is 1.41. The van der Waals surface area contributed by atoms with E-state index in [1.807, 2.05) is 61.5 Å². The van der Waals surface area contributed by atoms with Crippen LogP contribution in [0.4, 0.5) is 22.0 Å².